The Kier molecular flexibility index (Phi) is 7.70. The number of hydrogen-bond donors (Lipinski definition) is 0. The Hall–Kier alpha value is -3.45. The maximum Gasteiger partial charge on any atom is 0.315 e. The normalized spacial score (nSPS) is 23.4. The number of methoxy groups -OCH3 is 1. The van der Waals surface area contributed by atoms with Crippen molar-refractivity contribution in [3.63, 3.8) is 0 Å². The summed E-state index contributed by atoms with van der Waals surface area (Å²) >= 11 is 0. The van der Waals surface area contributed by atoms with Gasteiger partial charge in [-0.25, -0.2) is 0 Å². The minimum atomic E-state index is -0.697. The van der Waals surface area contributed by atoms with Crippen molar-refractivity contribution in [3.8, 4) is 11.5 Å². The van der Waals surface area contributed by atoms with Crippen LogP contribution in [0.15, 0.2) is 64.8 Å². The summed E-state index contributed by atoms with van der Waals surface area (Å²) in [5.74, 6) is -0.389. The fourth-order valence-electron chi connectivity index (χ4n) is 5.45. The highest BCUT2D eigenvalue weighted by molar-refractivity contribution is 6.08. The Balaban J connectivity index is 1.48. The lowest BCUT2D eigenvalue weighted by molar-refractivity contribution is -0.149. The number of ketones is 1. The van der Waals surface area contributed by atoms with E-state index in [1.165, 1.54) is 0 Å². The van der Waals surface area contributed by atoms with E-state index in [0.717, 1.165) is 42.5 Å². The van der Waals surface area contributed by atoms with E-state index in [-0.39, 0.29) is 24.5 Å². The van der Waals surface area contributed by atoms with Gasteiger partial charge in [-0.3, -0.25) is 14.6 Å². The number of esters is 1. The van der Waals surface area contributed by atoms with E-state index in [0.29, 0.717) is 42.4 Å². The fraction of sp³-hybridized carbons (Fsp3) is 0.433. The van der Waals surface area contributed by atoms with Gasteiger partial charge in [0.25, 0.3) is 0 Å². The van der Waals surface area contributed by atoms with Crippen molar-refractivity contribution in [2.45, 2.75) is 57.7 Å². The number of carbonyl (C=O) groups is 2. The quantitative estimate of drug-likeness (QED) is 0.462. The summed E-state index contributed by atoms with van der Waals surface area (Å²) in [5.41, 5.74) is 3.90. The molecule has 3 atom stereocenters. The molecule has 194 valence electrons. The molecule has 7 heteroatoms. The van der Waals surface area contributed by atoms with Gasteiger partial charge >= 0.3 is 5.97 Å². The van der Waals surface area contributed by atoms with Crippen molar-refractivity contribution in [3.05, 3.63) is 70.9 Å². The number of allylic oxidation sites excluding steroid dienone is 2. The summed E-state index contributed by atoms with van der Waals surface area (Å²) in [6, 6.07) is 15.5. The molecule has 1 aliphatic carbocycles. The summed E-state index contributed by atoms with van der Waals surface area (Å²) in [5, 5.41) is 0. The molecule has 2 aromatic rings. The zero-order chi connectivity index (χ0) is 25.8. The maximum atomic E-state index is 13.5. The lowest BCUT2D eigenvalue weighted by atomic mass is 9.71. The highest BCUT2D eigenvalue weighted by Gasteiger charge is 2.43. The average Bonchev–Trinajstić information content (AvgIpc) is 3.44. The molecule has 0 spiro atoms. The first-order valence-corrected chi connectivity index (χ1v) is 13.0. The van der Waals surface area contributed by atoms with Crippen molar-refractivity contribution in [2.75, 3.05) is 20.3 Å². The molecule has 2 aromatic carbocycles. The number of hydrogen-bond acceptors (Lipinski definition) is 7. The predicted molar refractivity (Wildman–Crippen MR) is 139 cm³/mol. The Labute approximate surface area is 217 Å². The minimum absolute atomic E-state index is 0.0435. The highest BCUT2D eigenvalue weighted by atomic mass is 16.6. The minimum Gasteiger partial charge on any atom is -0.493 e. The number of aliphatic imine (C=N–C) groups is 1. The van der Waals surface area contributed by atoms with Gasteiger partial charge in [0.05, 0.1) is 13.2 Å². The van der Waals surface area contributed by atoms with Crippen LogP contribution in [-0.4, -0.2) is 43.9 Å². The molecular formula is C30H33NO6. The summed E-state index contributed by atoms with van der Waals surface area (Å²) in [6.07, 6.45) is 3.71. The largest absolute Gasteiger partial charge is 0.493 e. The SMILES string of the molecule is COc1ccc([C@H]2C3=C(CCCC3=O)N=C(C)C2C(=O)OC[C@H]2CCCO2)cc1OCc1ccccc1. The second kappa shape index (κ2) is 11.3. The zero-order valence-corrected chi connectivity index (χ0v) is 21.4. The van der Waals surface area contributed by atoms with Crippen LogP contribution in [-0.2, 0) is 25.7 Å². The van der Waals surface area contributed by atoms with E-state index >= 15 is 0 Å². The third-order valence-corrected chi connectivity index (χ3v) is 7.31. The zero-order valence-electron chi connectivity index (χ0n) is 21.4. The summed E-state index contributed by atoms with van der Waals surface area (Å²) in [6.45, 7) is 3.12. The van der Waals surface area contributed by atoms with Crippen molar-refractivity contribution in [2.24, 2.45) is 10.9 Å². The van der Waals surface area contributed by atoms with E-state index in [4.69, 9.17) is 23.9 Å². The van der Waals surface area contributed by atoms with E-state index < -0.39 is 11.8 Å². The molecule has 5 rings (SSSR count). The first kappa shape index (κ1) is 25.2. The molecule has 1 fully saturated rings. The standard InChI is InChI=1S/C30H33NO6/c1-19-27(30(33)37-18-22-10-7-15-35-22)28(29-23(31-19)11-6-12-24(29)32)21-13-14-25(34-2)26(16-21)36-17-20-8-4-3-5-9-20/h3-5,8-9,13-14,16,22,27-28H,6-7,10-12,15,17-18H2,1-2H3/t22-,27?,28-/m1/s1. The number of carbonyl (C=O) groups excluding carboxylic acids is 2. The van der Waals surface area contributed by atoms with Crippen LogP contribution in [0.4, 0.5) is 0 Å². The second-order valence-corrected chi connectivity index (χ2v) is 9.80. The summed E-state index contributed by atoms with van der Waals surface area (Å²) in [7, 11) is 1.60. The van der Waals surface area contributed by atoms with Gasteiger partial charge in [0, 0.05) is 35.9 Å². The van der Waals surface area contributed by atoms with Crippen molar-refractivity contribution >= 4 is 17.5 Å². The average molecular weight is 504 g/mol. The van der Waals surface area contributed by atoms with Crippen LogP contribution in [0.3, 0.4) is 0 Å². The van der Waals surface area contributed by atoms with Gasteiger partial charge in [-0.05, 0) is 55.9 Å². The lowest BCUT2D eigenvalue weighted by Gasteiger charge is -2.34. The Bertz CT molecular complexity index is 1210. The van der Waals surface area contributed by atoms with Gasteiger partial charge in [0.2, 0.25) is 0 Å². The predicted octanol–water partition coefficient (Wildman–Crippen LogP) is 5.18. The fourth-order valence-corrected chi connectivity index (χ4v) is 5.45. The summed E-state index contributed by atoms with van der Waals surface area (Å²) < 4.78 is 23.1. The topological polar surface area (TPSA) is 83.4 Å². The smallest absolute Gasteiger partial charge is 0.315 e. The van der Waals surface area contributed by atoms with Crippen LogP contribution in [0, 0.1) is 5.92 Å². The molecule has 37 heavy (non-hydrogen) atoms. The number of ether oxygens (including phenoxy) is 4. The van der Waals surface area contributed by atoms with Crippen LogP contribution in [0.5, 0.6) is 11.5 Å². The van der Waals surface area contributed by atoms with Gasteiger partial charge in [-0.2, -0.15) is 0 Å². The van der Waals surface area contributed by atoms with E-state index in [9.17, 15) is 9.59 Å². The Morgan fingerprint density at radius 3 is 2.68 bits per heavy atom. The van der Waals surface area contributed by atoms with Crippen molar-refractivity contribution in [1.82, 2.24) is 0 Å². The van der Waals surface area contributed by atoms with Gasteiger partial charge in [-0.15, -0.1) is 0 Å². The van der Waals surface area contributed by atoms with E-state index in [1.54, 1.807) is 7.11 Å². The van der Waals surface area contributed by atoms with E-state index in [1.807, 2.05) is 55.5 Å². The van der Waals surface area contributed by atoms with Gasteiger partial charge < -0.3 is 18.9 Å². The number of nitrogens with zero attached hydrogens (tertiary/aromatic N) is 1. The van der Waals surface area contributed by atoms with Crippen LogP contribution >= 0.6 is 0 Å². The van der Waals surface area contributed by atoms with Gasteiger partial charge in [0.15, 0.2) is 17.3 Å². The monoisotopic (exact) mass is 503 g/mol. The molecule has 0 saturated carbocycles. The van der Waals surface area contributed by atoms with Crippen LogP contribution in [0.25, 0.3) is 0 Å². The summed E-state index contributed by atoms with van der Waals surface area (Å²) in [4.78, 5) is 31.5. The molecule has 0 aromatic heterocycles. The highest BCUT2D eigenvalue weighted by Crippen LogP contribution is 2.45. The molecular weight excluding hydrogens is 470 g/mol. The second-order valence-electron chi connectivity index (χ2n) is 9.80. The van der Waals surface area contributed by atoms with Crippen molar-refractivity contribution in [1.29, 1.82) is 0 Å². The van der Waals surface area contributed by atoms with Crippen molar-refractivity contribution < 1.29 is 28.5 Å². The molecule has 0 N–H and O–H groups in total. The van der Waals surface area contributed by atoms with Crippen LogP contribution in [0.2, 0.25) is 0 Å². The number of Topliss-reactive ketones (excluding diaryl/α,β-unsaturated/α-hetero) is 1. The molecule has 2 heterocycles. The number of benzene rings is 2. The maximum absolute atomic E-state index is 13.5. The van der Waals surface area contributed by atoms with Crippen LogP contribution in [0.1, 0.15) is 56.1 Å². The molecule has 0 radical (unpaired) electrons. The Morgan fingerprint density at radius 1 is 1.08 bits per heavy atom. The third-order valence-electron chi connectivity index (χ3n) is 7.31. The lowest BCUT2D eigenvalue weighted by Crippen LogP contribution is -2.38. The van der Waals surface area contributed by atoms with Crippen LogP contribution < -0.4 is 9.47 Å². The first-order valence-electron chi connectivity index (χ1n) is 13.0. The van der Waals surface area contributed by atoms with E-state index in [2.05, 4.69) is 0 Å². The Morgan fingerprint density at radius 2 is 1.92 bits per heavy atom. The third kappa shape index (κ3) is 5.47. The molecule has 1 unspecified atom stereocenters. The number of rotatable bonds is 8. The molecule has 0 bridgehead atoms. The van der Waals surface area contributed by atoms with Gasteiger partial charge in [0.1, 0.15) is 19.1 Å². The molecule has 2 aliphatic heterocycles. The van der Waals surface area contributed by atoms with Gasteiger partial charge in [-0.1, -0.05) is 36.4 Å². The molecule has 3 aliphatic rings. The molecule has 1 saturated heterocycles. The first-order chi connectivity index (χ1) is 18.0. The molecule has 7 nitrogen and oxygen atoms in total. The molecule has 0 amide bonds.